The van der Waals surface area contributed by atoms with Crippen molar-refractivity contribution in [3.05, 3.63) is 17.2 Å². The highest BCUT2D eigenvalue weighted by molar-refractivity contribution is 6.32. The number of halogens is 1. The summed E-state index contributed by atoms with van der Waals surface area (Å²) in [4.78, 5) is 24.4. The summed E-state index contributed by atoms with van der Waals surface area (Å²) in [6.45, 7) is 0.148. The largest absolute Gasteiger partial charge is 0.495 e. The number of carbonyl (C=O) groups excluding carboxylic acids is 2. The summed E-state index contributed by atoms with van der Waals surface area (Å²) in [5, 5.41) is 2.62. The highest BCUT2D eigenvalue weighted by Gasteiger charge is 2.25. The first kappa shape index (κ1) is 13.5. The summed E-state index contributed by atoms with van der Waals surface area (Å²) in [5.74, 6) is 0.245. The van der Waals surface area contributed by atoms with Crippen LogP contribution in [0.4, 0.5) is 5.69 Å². The molecule has 1 aromatic rings. The van der Waals surface area contributed by atoms with E-state index < -0.39 is 0 Å². The maximum atomic E-state index is 11.4. The van der Waals surface area contributed by atoms with Crippen molar-refractivity contribution in [1.82, 2.24) is 5.32 Å². The number of amides is 2. The zero-order chi connectivity index (χ0) is 14.0. The minimum atomic E-state index is -0.356. The molecule has 19 heavy (non-hydrogen) atoms. The van der Waals surface area contributed by atoms with Crippen LogP contribution in [0.25, 0.3) is 0 Å². The summed E-state index contributed by atoms with van der Waals surface area (Å²) in [6, 6.07) is 3.24. The zero-order valence-corrected chi connectivity index (χ0v) is 11.3. The molecule has 1 saturated heterocycles. The lowest BCUT2D eigenvalue weighted by Gasteiger charge is -2.29. The fourth-order valence-corrected chi connectivity index (χ4v) is 2.13. The van der Waals surface area contributed by atoms with Crippen molar-refractivity contribution in [1.29, 1.82) is 0 Å². The average molecular weight is 285 g/mol. The fraction of sp³-hybridized carbons (Fsp3) is 0.333. The number of anilines is 1. The summed E-state index contributed by atoms with van der Waals surface area (Å²) >= 11 is 6.06. The highest BCUT2D eigenvalue weighted by atomic mass is 35.5. The molecule has 1 fully saturated rings. The summed E-state index contributed by atoms with van der Waals surface area (Å²) < 4.78 is 10.3. The highest BCUT2D eigenvalue weighted by Crippen LogP contribution is 2.38. The third kappa shape index (κ3) is 2.73. The van der Waals surface area contributed by atoms with Crippen LogP contribution in [0.15, 0.2) is 12.1 Å². The lowest BCUT2D eigenvalue weighted by atomic mass is 10.2. The van der Waals surface area contributed by atoms with Crippen LogP contribution in [0, 0.1) is 0 Å². The number of hydrogen-bond acceptors (Lipinski definition) is 5. The van der Waals surface area contributed by atoms with Crippen molar-refractivity contribution >= 4 is 29.1 Å². The molecular weight excluding hydrogens is 272 g/mol. The first-order chi connectivity index (χ1) is 9.05. The maximum absolute atomic E-state index is 11.4. The number of carbonyl (C=O) groups is 2. The minimum Gasteiger partial charge on any atom is -0.495 e. The van der Waals surface area contributed by atoms with Crippen LogP contribution >= 0.6 is 11.6 Å². The molecule has 1 N–H and O–H groups in total. The fourth-order valence-electron chi connectivity index (χ4n) is 1.90. The van der Waals surface area contributed by atoms with Crippen molar-refractivity contribution in [2.75, 3.05) is 32.2 Å². The Labute approximate surface area is 115 Å². The Bertz CT molecular complexity index is 517. The van der Waals surface area contributed by atoms with Gasteiger partial charge in [-0.2, -0.15) is 0 Å². The van der Waals surface area contributed by atoms with E-state index in [0.717, 1.165) is 0 Å². The topological polar surface area (TPSA) is 67.9 Å². The van der Waals surface area contributed by atoms with Gasteiger partial charge in [0.05, 0.1) is 38.0 Å². The number of piperazine rings is 1. The van der Waals surface area contributed by atoms with E-state index in [2.05, 4.69) is 5.32 Å². The van der Waals surface area contributed by atoms with Gasteiger partial charge in [-0.25, -0.2) is 0 Å². The second-order valence-corrected chi connectivity index (χ2v) is 4.39. The Morgan fingerprint density at radius 2 is 1.68 bits per heavy atom. The first-order valence-electron chi connectivity index (χ1n) is 5.54. The monoisotopic (exact) mass is 284 g/mol. The Morgan fingerprint density at radius 3 is 2.21 bits per heavy atom. The second-order valence-electron chi connectivity index (χ2n) is 3.99. The van der Waals surface area contributed by atoms with E-state index in [1.807, 2.05) is 0 Å². The number of methoxy groups -OCH3 is 2. The number of benzene rings is 1. The summed E-state index contributed by atoms with van der Waals surface area (Å²) in [6.07, 6.45) is 0. The summed E-state index contributed by atoms with van der Waals surface area (Å²) in [5.41, 5.74) is 0.580. The van der Waals surface area contributed by atoms with E-state index in [-0.39, 0.29) is 24.9 Å². The Kier molecular flexibility index (Phi) is 3.80. The van der Waals surface area contributed by atoms with Crippen molar-refractivity contribution in [2.45, 2.75) is 0 Å². The molecule has 0 unspecified atom stereocenters. The second kappa shape index (κ2) is 5.36. The first-order valence-corrected chi connectivity index (χ1v) is 5.92. The predicted octanol–water partition coefficient (Wildman–Crippen LogP) is 0.820. The minimum absolute atomic E-state index is 0.0742. The molecule has 1 heterocycles. The Morgan fingerprint density at radius 1 is 1.11 bits per heavy atom. The molecule has 0 aromatic heterocycles. The Hall–Kier alpha value is -1.95. The smallest absolute Gasteiger partial charge is 0.246 e. The molecule has 2 amide bonds. The van der Waals surface area contributed by atoms with E-state index >= 15 is 0 Å². The van der Waals surface area contributed by atoms with Crippen molar-refractivity contribution in [2.24, 2.45) is 0 Å². The molecule has 2 rings (SSSR count). The van der Waals surface area contributed by atoms with Crippen LogP contribution in [-0.4, -0.2) is 39.1 Å². The lowest BCUT2D eigenvalue weighted by molar-refractivity contribution is -0.130. The third-order valence-electron chi connectivity index (χ3n) is 2.74. The number of hydrogen-bond donors (Lipinski definition) is 1. The van der Waals surface area contributed by atoms with Gasteiger partial charge >= 0.3 is 0 Å². The van der Waals surface area contributed by atoms with Crippen molar-refractivity contribution < 1.29 is 19.1 Å². The van der Waals surface area contributed by atoms with E-state index in [4.69, 9.17) is 21.1 Å². The number of ether oxygens (including phenoxy) is 2. The summed E-state index contributed by atoms with van der Waals surface area (Å²) in [7, 11) is 3.00. The number of nitrogens with one attached hydrogen (secondary N) is 1. The van der Waals surface area contributed by atoms with Crippen molar-refractivity contribution in [3.8, 4) is 11.5 Å². The molecule has 0 radical (unpaired) electrons. The van der Waals surface area contributed by atoms with E-state index in [1.54, 1.807) is 17.0 Å². The van der Waals surface area contributed by atoms with Gasteiger partial charge in [-0.1, -0.05) is 11.6 Å². The molecule has 1 aliphatic rings. The average Bonchev–Trinajstić information content (AvgIpc) is 2.37. The maximum Gasteiger partial charge on any atom is 0.246 e. The van der Waals surface area contributed by atoms with E-state index in [0.29, 0.717) is 22.2 Å². The number of imide groups is 1. The van der Waals surface area contributed by atoms with Crippen LogP contribution in [0.3, 0.4) is 0 Å². The predicted molar refractivity (Wildman–Crippen MR) is 69.9 cm³/mol. The SMILES string of the molecule is COc1cc(OC)c(N2CC(=O)NC(=O)C2)cc1Cl. The number of rotatable bonds is 3. The van der Waals surface area contributed by atoms with Gasteiger partial charge in [-0.3, -0.25) is 14.9 Å². The third-order valence-corrected chi connectivity index (χ3v) is 3.04. The van der Waals surface area contributed by atoms with Crippen molar-refractivity contribution in [3.63, 3.8) is 0 Å². The molecule has 6 nitrogen and oxygen atoms in total. The van der Waals surface area contributed by atoms with Gasteiger partial charge in [-0.15, -0.1) is 0 Å². The Balaban J connectivity index is 2.40. The normalized spacial score (nSPS) is 15.2. The standard InChI is InChI=1S/C12H13ClN2O4/c1-18-9-4-10(19-2)8(3-7(9)13)15-5-11(16)14-12(17)6-15/h3-4H,5-6H2,1-2H3,(H,14,16,17). The van der Waals surface area contributed by atoms with Crippen LogP contribution in [0.5, 0.6) is 11.5 Å². The molecule has 0 atom stereocenters. The van der Waals surface area contributed by atoms with E-state index in [9.17, 15) is 9.59 Å². The van der Waals surface area contributed by atoms with Gasteiger partial charge in [0.2, 0.25) is 11.8 Å². The van der Waals surface area contributed by atoms with Gasteiger partial charge in [0.15, 0.2) is 0 Å². The van der Waals surface area contributed by atoms with Crippen LogP contribution in [-0.2, 0) is 9.59 Å². The molecule has 102 valence electrons. The molecule has 1 aromatic carbocycles. The zero-order valence-electron chi connectivity index (χ0n) is 10.5. The molecule has 0 spiro atoms. The molecule has 7 heteroatoms. The molecular formula is C12H13ClN2O4. The molecule has 0 aliphatic carbocycles. The van der Waals surface area contributed by atoms with E-state index in [1.165, 1.54) is 14.2 Å². The molecule has 0 bridgehead atoms. The molecule has 1 aliphatic heterocycles. The van der Waals surface area contributed by atoms with Crippen LogP contribution in [0.1, 0.15) is 0 Å². The van der Waals surface area contributed by atoms with Gasteiger partial charge in [0, 0.05) is 6.07 Å². The van der Waals surface area contributed by atoms with Gasteiger partial charge in [0.25, 0.3) is 0 Å². The quantitative estimate of drug-likeness (QED) is 0.833. The van der Waals surface area contributed by atoms with Gasteiger partial charge < -0.3 is 14.4 Å². The van der Waals surface area contributed by atoms with Gasteiger partial charge in [0.1, 0.15) is 11.5 Å². The molecule has 0 saturated carbocycles. The van der Waals surface area contributed by atoms with Gasteiger partial charge in [-0.05, 0) is 6.07 Å². The van der Waals surface area contributed by atoms with Crippen LogP contribution < -0.4 is 19.7 Å². The van der Waals surface area contributed by atoms with Crippen LogP contribution in [0.2, 0.25) is 5.02 Å². The number of nitrogens with zero attached hydrogens (tertiary/aromatic N) is 1. The lowest BCUT2D eigenvalue weighted by Crippen LogP contribution is -2.51.